The van der Waals surface area contributed by atoms with Crippen LogP contribution in [0.4, 0.5) is 0 Å². The van der Waals surface area contributed by atoms with Gasteiger partial charge in [-0.25, -0.2) is 9.78 Å². The predicted molar refractivity (Wildman–Crippen MR) is 108 cm³/mol. The number of fused-ring (bicyclic) bond motifs is 1. The molecular weight excluding hydrogens is 432 g/mol. The molecule has 0 saturated heterocycles. The first-order valence-electron chi connectivity index (χ1n) is 8.43. The number of ether oxygens (including phenoxy) is 1. The van der Waals surface area contributed by atoms with Crippen LogP contribution in [0.5, 0.6) is 0 Å². The average molecular weight is 449 g/mol. The second kappa shape index (κ2) is 8.58. The van der Waals surface area contributed by atoms with Gasteiger partial charge in [-0.15, -0.1) is 11.3 Å². The maximum Gasteiger partial charge on any atom is 0.339 e. The monoisotopic (exact) mass is 448 g/mol. The summed E-state index contributed by atoms with van der Waals surface area (Å²) in [6.07, 6.45) is 3.01. The van der Waals surface area contributed by atoms with E-state index in [0.717, 1.165) is 17.3 Å². The number of halogens is 1. The van der Waals surface area contributed by atoms with Crippen molar-refractivity contribution in [3.63, 3.8) is 0 Å². The van der Waals surface area contributed by atoms with Gasteiger partial charge in [-0.2, -0.15) is 0 Å². The number of unbranched alkanes of at least 4 members (excludes halogenated alkanes) is 1. The van der Waals surface area contributed by atoms with Crippen molar-refractivity contribution in [1.82, 2.24) is 9.55 Å². The highest BCUT2D eigenvalue weighted by Crippen LogP contribution is 2.22. The lowest BCUT2D eigenvalue weighted by Gasteiger charge is -2.06. The Labute approximate surface area is 167 Å². The number of thiophene rings is 1. The summed E-state index contributed by atoms with van der Waals surface area (Å²) in [5.74, 6) is -0.751. The van der Waals surface area contributed by atoms with Crippen LogP contribution in [-0.2, 0) is 11.3 Å². The maximum atomic E-state index is 12.8. The summed E-state index contributed by atoms with van der Waals surface area (Å²) in [5, 5.41) is 1.78. The molecule has 0 amide bonds. The van der Waals surface area contributed by atoms with Crippen molar-refractivity contribution in [2.75, 3.05) is 6.61 Å². The molecule has 0 fully saturated rings. The van der Waals surface area contributed by atoms with Gasteiger partial charge in [0.05, 0.1) is 30.4 Å². The van der Waals surface area contributed by atoms with Gasteiger partial charge in [-0.05, 0) is 18.6 Å². The fraction of sp³-hybridized carbons (Fsp3) is 0.263. The normalized spacial score (nSPS) is 10.9. The van der Waals surface area contributed by atoms with E-state index in [0.29, 0.717) is 17.0 Å². The lowest BCUT2D eigenvalue weighted by molar-refractivity contribution is 0.0502. The molecule has 6 nitrogen and oxygen atoms in total. The lowest BCUT2D eigenvalue weighted by atomic mass is 10.1. The molecular formula is C19H17BrN2O4S. The smallest absolute Gasteiger partial charge is 0.339 e. The molecule has 2 heterocycles. The molecule has 0 bridgehead atoms. The summed E-state index contributed by atoms with van der Waals surface area (Å²) in [5.41, 5.74) is 0.276. The Morgan fingerprint density at radius 1 is 1.26 bits per heavy atom. The highest BCUT2D eigenvalue weighted by Gasteiger charge is 2.19. The van der Waals surface area contributed by atoms with Gasteiger partial charge in [0.15, 0.2) is 5.78 Å². The van der Waals surface area contributed by atoms with Crippen molar-refractivity contribution >= 4 is 49.2 Å². The van der Waals surface area contributed by atoms with E-state index >= 15 is 0 Å². The fourth-order valence-corrected chi connectivity index (χ4v) is 3.63. The third-order valence-corrected chi connectivity index (χ3v) is 5.41. The Kier molecular flexibility index (Phi) is 6.18. The van der Waals surface area contributed by atoms with E-state index in [1.54, 1.807) is 29.6 Å². The van der Waals surface area contributed by atoms with Gasteiger partial charge in [-0.3, -0.25) is 14.2 Å². The SMILES string of the molecule is CCCCOC(=O)c1csc2ncn(CC(=O)c3ccc(Br)cc3)c(=O)c12. The van der Waals surface area contributed by atoms with Gasteiger partial charge < -0.3 is 4.74 Å². The lowest BCUT2D eigenvalue weighted by Crippen LogP contribution is -2.25. The van der Waals surface area contributed by atoms with Gasteiger partial charge in [0.25, 0.3) is 5.56 Å². The Morgan fingerprint density at radius 2 is 2.00 bits per heavy atom. The molecule has 0 atom stereocenters. The average Bonchev–Trinajstić information content (AvgIpc) is 3.09. The van der Waals surface area contributed by atoms with E-state index in [9.17, 15) is 14.4 Å². The zero-order valence-electron chi connectivity index (χ0n) is 14.6. The number of hydrogen-bond donors (Lipinski definition) is 0. The summed E-state index contributed by atoms with van der Waals surface area (Å²) < 4.78 is 7.30. The van der Waals surface area contributed by atoms with Crippen LogP contribution in [0.2, 0.25) is 0 Å². The van der Waals surface area contributed by atoms with Crippen LogP contribution in [0.15, 0.2) is 45.2 Å². The van der Waals surface area contributed by atoms with Crippen LogP contribution in [0.1, 0.15) is 40.5 Å². The largest absolute Gasteiger partial charge is 0.462 e. The predicted octanol–water partition coefficient (Wildman–Crippen LogP) is 4.06. The molecule has 0 spiro atoms. The summed E-state index contributed by atoms with van der Waals surface area (Å²) in [7, 11) is 0. The first kappa shape index (κ1) is 19.4. The van der Waals surface area contributed by atoms with Crippen LogP contribution in [0, 0.1) is 0 Å². The van der Waals surface area contributed by atoms with Crippen molar-refractivity contribution < 1.29 is 14.3 Å². The molecule has 140 valence electrons. The molecule has 3 rings (SSSR count). The van der Waals surface area contributed by atoms with Crippen LogP contribution in [0.25, 0.3) is 10.2 Å². The number of aromatic nitrogens is 2. The minimum absolute atomic E-state index is 0.149. The number of esters is 1. The van der Waals surface area contributed by atoms with Crippen molar-refractivity contribution in [1.29, 1.82) is 0 Å². The standard InChI is InChI=1S/C19H17BrN2O4S/c1-2-3-8-26-19(25)14-10-27-17-16(14)18(24)22(11-21-17)9-15(23)12-4-6-13(20)7-5-12/h4-7,10-11H,2-3,8-9H2,1H3. The van der Waals surface area contributed by atoms with Gasteiger partial charge in [0, 0.05) is 15.4 Å². The molecule has 0 saturated carbocycles. The van der Waals surface area contributed by atoms with E-state index in [-0.39, 0.29) is 23.3 Å². The zero-order valence-corrected chi connectivity index (χ0v) is 17.0. The van der Waals surface area contributed by atoms with Crippen LogP contribution >= 0.6 is 27.3 Å². The highest BCUT2D eigenvalue weighted by molar-refractivity contribution is 9.10. The van der Waals surface area contributed by atoms with E-state index in [2.05, 4.69) is 20.9 Å². The fourth-order valence-electron chi connectivity index (χ4n) is 2.50. The first-order valence-corrected chi connectivity index (χ1v) is 10.1. The van der Waals surface area contributed by atoms with Crippen LogP contribution < -0.4 is 5.56 Å². The number of hydrogen-bond acceptors (Lipinski definition) is 6. The minimum Gasteiger partial charge on any atom is -0.462 e. The summed E-state index contributed by atoms with van der Waals surface area (Å²) in [4.78, 5) is 42.2. The second-order valence-electron chi connectivity index (χ2n) is 5.93. The molecule has 0 aliphatic rings. The maximum absolute atomic E-state index is 12.8. The number of nitrogens with zero attached hydrogens (tertiary/aromatic N) is 2. The van der Waals surface area contributed by atoms with Gasteiger partial charge in [0.1, 0.15) is 4.83 Å². The number of carbonyl (C=O) groups excluding carboxylic acids is 2. The van der Waals surface area contributed by atoms with E-state index in [1.807, 2.05) is 6.92 Å². The molecule has 0 unspecified atom stereocenters. The Bertz CT molecular complexity index is 1040. The van der Waals surface area contributed by atoms with Crippen molar-refractivity contribution in [2.45, 2.75) is 26.3 Å². The molecule has 0 aliphatic heterocycles. The molecule has 3 aromatic rings. The third kappa shape index (κ3) is 4.33. The Hall–Kier alpha value is -2.32. The second-order valence-corrected chi connectivity index (χ2v) is 7.70. The molecule has 1 aromatic carbocycles. The number of benzene rings is 1. The highest BCUT2D eigenvalue weighted by atomic mass is 79.9. The van der Waals surface area contributed by atoms with Crippen LogP contribution in [-0.4, -0.2) is 27.9 Å². The molecule has 8 heteroatoms. The Morgan fingerprint density at radius 3 is 2.70 bits per heavy atom. The van der Waals surface area contributed by atoms with Crippen molar-refractivity contribution in [3.05, 3.63) is 61.9 Å². The Balaban J connectivity index is 1.89. The molecule has 0 aliphatic carbocycles. The summed E-state index contributed by atoms with van der Waals surface area (Å²) in [6, 6.07) is 6.90. The van der Waals surface area contributed by atoms with Gasteiger partial charge in [0.2, 0.25) is 0 Å². The van der Waals surface area contributed by atoms with Gasteiger partial charge in [-0.1, -0.05) is 41.4 Å². The molecule has 27 heavy (non-hydrogen) atoms. The number of rotatable bonds is 7. The van der Waals surface area contributed by atoms with Crippen molar-refractivity contribution in [2.24, 2.45) is 0 Å². The zero-order chi connectivity index (χ0) is 19.4. The van der Waals surface area contributed by atoms with E-state index < -0.39 is 11.5 Å². The van der Waals surface area contributed by atoms with E-state index in [4.69, 9.17) is 4.74 Å². The first-order chi connectivity index (χ1) is 13.0. The number of carbonyl (C=O) groups is 2. The number of ketones is 1. The molecule has 0 N–H and O–H groups in total. The summed E-state index contributed by atoms with van der Waals surface area (Å²) >= 11 is 4.53. The quantitative estimate of drug-likeness (QED) is 0.309. The van der Waals surface area contributed by atoms with Crippen molar-refractivity contribution in [3.8, 4) is 0 Å². The topological polar surface area (TPSA) is 78.3 Å². The van der Waals surface area contributed by atoms with Gasteiger partial charge >= 0.3 is 5.97 Å². The number of Topliss-reactive ketones (excluding diaryl/α,β-unsaturated/α-hetero) is 1. The summed E-state index contributed by atoms with van der Waals surface area (Å²) in [6.45, 7) is 2.16. The molecule has 0 radical (unpaired) electrons. The molecule has 2 aromatic heterocycles. The van der Waals surface area contributed by atoms with Crippen LogP contribution in [0.3, 0.4) is 0 Å². The van der Waals surface area contributed by atoms with E-state index in [1.165, 1.54) is 22.2 Å². The minimum atomic E-state index is -0.536. The third-order valence-electron chi connectivity index (χ3n) is 3.99.